The molecule has 0 amide bonds. The van der Waals surface area contributed by atoms with Crippen LogP contribution in [0.5, 0.6) is 11.5 Å². The van der Waals surface area contributed by atoms with Gasteiger partial charge in [-0.05, 0) is 59.3 Å². The summed E-state index contributed by atoms with van der Waals surface area (Å²) in [6.07, 6.45) is 1.54. The van der Waals surface area contributed by atoms with E-state index in [0.717, 1.165) is 18.4 Å². The van der Waals surface area contributed by atoms with E-state index in [2.05, 4.69) is 15.9 Å². The van der Waals surface area contributed by atoms with Crippen LogP contribution in [-0.4, -0.2) is 22.9 Å². The highest BCUT2D eigenvalue weighted by Crippen LogP contribution is 2.41. The second kappa shape index (κ2) is 6.79. The van der Waals surface area contributed by atoms with Crippen LogP contribution in [0, 0.1) is 5.92 Å². The summed E-state index contributed by atoms with van der Waals surface area (Å²) in [6, 6.07) is 2.97. The van der Waals surface area contributed by atoms with Crippen LogP contribution in [-0.2, 0) is 0 Å². The van der Waals surface area contributed by atoms with Gasteiger partial charge in [0.15, 0.2) is 11.5 Å². The molecule has 1 fully saturated rings. The Hall–Kier alpha value is -0.490. The van der Waals surface area contributed by atoms with Gasteiger partial charge < -0.3 is 20.7 Å². The zero-order chi connectivity index (χ0) is 13.3. The average Bonchev–Trinajstić information content (AvgIpc) is 3.17. The first-order chi connectivity index (χ1) is 8.54. The maximum atomic E-state index is 10.0. The third-order valence-electron chi connectivity index (χ3n) is 3.21. The molecule has 0 saturated heterocycles. The number of aliphatic hydroxyl groups is 1. The molecular weight excluding hydrogens is 334 g/mol. The summed E-state index contributed by atoms with van der Waals surface area (Å²) in [5, 5.41) is 19.9. The van der Waals surface area contributed by atoms with Gasteiger partial charge in [0.05, 0.1) is 23.2 Å². The van der Waals surface area contributed by atoms with E-state index in [4.69, 9.17) is 10.5 Å². The number of benzene rings is 1. The van der Waals surface area contributed by atoms with Crippen molar-refractivity contribution in [1.82, 2.24) is 0 Å². The summed E-state index contributed by atoms with van der Waals surface area (Å²) in [5.74, 6) is 0.761. The van der Waals surface area contributed by atoms with Gasteiger partial charge in [-0.3, -0.25) is 0 Å². The third-order valence-corrected chi connectivity index (χ3v) is 3.81. The highest BCUT2D eigenvalue weighted by atomic mass is 79.9. The minimum atomic E-state index is -0.532. The standard InChI is InChI=1S/C13H18BrNO3.ClH/c1-2-18-10-6-8(5-9(14)13(10)17)11(15)12(16)7-3-4-7;/h5-7,11-12,16-17H,2-4,15H2,1H3;1H/t11-,12+;/m0./s1. The normalized spacial score (nSPS) is 17.5. The molecule has 0 radical (unpaired) electrons. The maximum Gasteiger partial charge on any atom is 0.172 e. The Balaban J connectivity index is 0.00000180. The first-order valence-corrected chi connectivity index (χ1v) is 6.92. The number of halogens is 2. The van der Waals surface area contributed by atoms with Crippen LogP contribution in [0.4, 0.5) is 0 Å². The molecule has 6 heteroatoms. The molecule has 0 aliphatic heterocycles. The summed E-state index contributed by atoms with van der Waals surface area (Å²) in [7, 11) is 0. The Morgan fingerprint density at radius 1 is 1.47 bits per heavy atom. The third kappa shape index (κ3) is 3.75. The van der Waals surface area contributed by atoms with Crippen LogP contribution in [0.3, 0.4) is 0 Å². The molecule has 2 atom stereocenters. The van der Waals surface area contributed by atoms with Crippen molar-refractivity contribution < 1.29 is 14.9 Å². The Bertz CT molecular complexity index is 440. The number of phenols is 1. The maximum absolute atomic E-state index is 10.0. The van der Waals surface area contributed by atoms with Crippen molar-refractivity contribution >= 4 is 28.3 Å². The molecule has 2 rings (SSSR count). The van der Waals surface area contributed by atoms with E-state index in [9.17, 15) is 10.2 Å². The lowest BCUT2D eigenvalue weighted by Crippen LogP contribution is -2.27. The molecule has 4 nitrogen and oxygen atoms in total. The van der Waals surface area contributed by atoms with Gasteiger partial charge in [0.2, 0.25) is 0 Å². The molecule has 0 spiro atoms. The quantitative estimate of drug-likeness (QED) is 0.761. The van der Waals surface area contributed by atoms with Gasteiger partial charge in [0.1, 0.15) is 0 Å². The summed E-state index contributed by atoms with van der Waals surface area (Å²) in [4.78, 5) is 0. The summed E-state index contributed by atoms with van der Waals surface area (Å²) >= 11 is 3.27. The SMILES string of the molecule is CCOc1cc([C@H](N)[C@H](O)C2CC2)cc(Br)c1O.Cl. The van der Waals surface area contributed by atoms with Crippen molar-refractivity contribution in [2.24, 2.45) is 11.7 Å². The number of aliphatic hydroxyl groups excluding tert-OH is 1. The van der Waals surface area contributed by atoms with Gasteiger partial charge >= 0.3 is 0 Å². The Morgan fingerprint density at radius 2 is 2.11 bits per heavy atom. The van der Waals surface area contributed by atoms with Gasteiger partial charge in [0, 0.05) is 0 Å². The molecular formula is C13H19BrClNO3. The predicted octanol–water partition coefficient (Wildman–Crippen LogP) is 2.75. The lowest BCUT2D eigenvalue weighted by molar-refractivity contribution is 0.122. The van der Waals surface area contributed by atoms with Crippen molar-refractivity contribution in [3.8, 4) is 11.5 Å². The number of aromatic hydroxyl groups is 1. The second-order valence-electron chi connectivity index (χ2n) is 4.64. The molecule has 0 bridgehead atoms. The second-order valence-corrected chi connectivity index (χ2v) is 5.49. The van der Waals surface area contributed by atoms with E-state index in [1.165, 1.54) is 0 Å². The first kappa shape index (κ1) is 16.6. The Kier molecular flexibility index (Phi) is 5.92. The highest BCUT2D eigenvalue weighted by molar-refractivity contribution is 9.10. The summed E-state index contributed by atoms with van der Waals surface area (Å²) < 4.78 is 5.88. The fourth-order valence-corrected chi connectivity index (χ4v) is 2.44. The van der Waals surface area contributed by atoms with E-state index in [1.54, 1.807) is 12.1 Å². The summed E-state index contributed by atoms with van der Waals surface area (Å²) in [5.41, 5.74) is 6.82. The van der Waals surface area contributed by atoms with Crippen LogP contribution in [0.1, 0.15) is 31.4 Å². The monoisotopic (exact) mass is 351 g/mol. The van der Waals surface area contributed by atoms with Crippen LogP contribution in [0.2, 0.25) is 0 Å². The molecule has 19 heavy (non-hydrogen) atoms. The van der Waals surface area contributed by atoms with Gasteiger partial charge in [-0.2, -0.15) is 0 Å². The predicted molar refractivity (Wildman–Crippen MR) is 79.9 cm³/mol. The summed E-state index contributed by atoms with van der Waals surface area (Å²) in [6.45, 7) is 2.31. The Morgan fingerprint density at radius 3 is 2.63 bits per heavy atom. The molecule has 1 aromatic rings. The highest BCUT2D eigenvalue weighted by Gasteiger charge is 2.34. The van der Waals surface area contributed by atoms with Gasteiger partial charge in [0.25, 0.3) is 0 Å². The van der Waals surface area contributed by atoms with E-state index in [-0.39, 0.29) is 18.2 Å². The molecule has 1 aromatic carbocycles. The van der Waals surface area contributed by atoms with Gasteiger partial charge in [-0.1, -0.05) is 0 Å². The molecule has 4 N–H and O–H groups in total. The number of rotatable bonds is 5. The lowest BCUT2D eigenvalue weighted by Gasteiger charge is -2.20. The van der Waals surface area contributed by atoms with Crippen molar-refractivity contribution in [2.45, 2.75) is 31.9 Å². The van der Waals surface area contributed by atoms with Crippen LogP contribution >= 0.6 is 28.3 Å². The van der Waals surface area contributed by atoms with Crippen LogP contribution in [0.25, 0.3) is 0 Å². The number of hydrogen-bond acceptors (Lipinski definition) is 4. The lowest BCUT2D eigenvalue weighted by atomic mass is 9.99. The first-order valence-electron chi connectivity index (χ1n) is 6.13. The zero-order valence-corrected chi connectivity index (χ0v) is 13.1. The van der Waals surface area contributed by atoms with Crippen LogP contribution in [0.15, 0.2) is 16.6 Å². The minimum absolute atomic E-state index is 0. The molecule has 0 heterocycles. The molecule has 0 aromatic heterocycles. The molecule has 1 aliphatic carbocycles. The fourth-order valence-electron chi connectivity index (χ4n) is 1.98. The van der Waals surface area contributed by atoms with E-state index >= 15 is 0 Å². The van der Waals surface area contributed by atoms with E-state index < -0.39 is 12.1 Å². The van der Waals surface area contributed by atoms with Gasteiger partial charge in [-0.15, -0.1) is 12.4 Å². The molecule has 1 aliphatic rings. The van der Waals surface area contributed by atoms with E-state index in [0.29, 0.717) is 22.7 Å². The minimum Gasteiger partial charge on any atom is -0.503 e. The number of phenolic OH excluding ortho intramolecular Hbond substituents is 1. The average molecular weight is 353 g/mol. The largest absolute Gasteiger partial charge is 0.503 e. The topological polar surface area (TPSA) is 75.7 Å². The van der Waals surface area contributed by atoms with Crippen molar-refractivity contribution in [1.29, 1.82) is 0 Å². The van der Waals surface area contributed by atoms with Crippen LogP contribution < -0.4 is 10.5 Å². The molecule has 0 unspecified atom stereocenters. The van der Waals surface area contributed by atoms with Crippen molar-refractivity contribution in [3.63, 3.8) is 0 Å². The Labute approximate surface area is 127 Å². The number of hydrogen-bond donors (Lipinski definition) is 3. The number of nitrogens with two attached hydrogens (primary N) is 1. The zero-order valence-electron chi connectivity index (χ0n) is 10.7. The van der Waals surface area contributed by atoms with Crippen molar-refractivity contribution in [3.05, 3.63) is 22.2 Å². The molecule has 108 valence electrons. The fraction of sp³-hybridized carbons (Fsp3) is 0.538. The van der Waals surface area contributed by atoms with Gasteiger partial charge in [-0.25, -0.2) is 0 Å². The number of ether oxygens (including phenoxy) is 1. The molecule has 1 saturated carbocycles. The van der Waals surface area contributed by atoms with Crippen molar-refractivity contribution in [2.75, 3.05) is 6.61 Å². The smallest absolute Gasteiger partial charge is 0.172 e. The van der Waals surface area contributed by atoms with E-state index in [1.807, 2.05) is 6.92 Å².